The molecule has 0 saturated heterocycles. The highest BCUT2D eigenvalue weighted by molar-refractivity contribution is 14.1. The largest absolute Gasteiger partial charge is 0.426 e. The fourth-order valence-electron chi connectivity index (χ4n) is 1.33. The lowest BCUT2D eigenvalue weighted by Gasteiger charge is -2.16. The highest BCUT2D eigenvalue weighted by atomic mass is 127. The predicted octanol–water partition coefficient (Wildman–Crippen LogP) is 2.86. The zero-order valence-corrected chi connectivity index (χ0v) is 8.79. The summed E-state index contributed by atoms with van der Waals surface area (Å²) in [7, 11) is 0. The molecule has 0 N–H and O–H groups in total. The number of halogens is 1. The van der Waals surface area contributed by atoms with Gasteiger partial charge in [0.2, 0.25) is 0 Å². The van der Waals surface area contributed by atoms with Crippen molar-refractivity contribution in [2.45, 2.75) is 38.2 Å². The second-order valence-corrected chi connectivity index (χ2v) is 3.34. The molecule has 0 amide bonds. The van der Waals surface area contributed by atoms with Crippen LogP contribution in [0.2, 0.25) is 0 Å². The average molecular weight is 263 g/mol. The van der Waals surface area contributed by atoms with E-state index in [4.69, 9.17) is 4.65 Å². The van der Waals surface area contributed by atoms with Crippen LogP contribution < -0.4 is 0 Å². The van der Waals surface area contributed by atoms with Gasteiger partial charge in [-0.15, -0.1) is 22.4 Å². The lowest BCUT2D eigenvalue weighted by molar-refractivity contribution is 0.194. The monoisotopic (exact) mass is 263 g/mol. The Kier molecular flexibility index (Phi) is 5.28. The first-order valence-electron chi connectivity index (χ1n) is 4.16. The van der Waals surface area contributed by atoms with Gasteiger partial charge in [0, 0.05) is 6.10 Å². The molecule has 1 atom stereocenters. The molecule has 0 aromatic rings. The number of hydrogen-bond donors (Lipinski definition) is 0. The minimum Gasteiger partial charge on any atom is -0.426 e. The van der Waals surface area contributed by atoms with E-state index in [-0.39, 0.29) is 0 Å². The van der Waals surface area contributed by atoms with Crippen LogP contribution in [0.4, 0.5) is 0 Å². The summed E-state index contributed by atoms with van der Waals surface area (Å²) >= 11 is 2.15. The van der Waals surface area contributed by atoms with Gasteiger partial charge in [0.25, 0.3) is 0 Å². The summed E-state index contributed by atoms with van der Waals surface area (Å²) in [4.78, 5) is 0. The first kappa shape index (κ1) is 9.58. The smallest absolute Gasteiger partial charge is 0.375 e. The molecule has 1 rings (SSSR count). The average Bonchev–Trinajstić information content (AvgIpc) is 1.94. The molecule has 1 aliphatic carbocycles. The third kappa shape index (κ3) is 4.16. The van der Waals surface area contributed by atoms with Crippen LogP contribution in [0.15, 0.2) is 12.2 Å². The summed E-state index contributed by atoms with van der Waals surface area (Å²) in [6.45, 7) is 0. The van der Waals surface area contributed by atoms with Crippen molar-refractivity contribution in [2.75, 3.05) is 0 Å². The van der Waals surface area contributed by atoms with Gasteiger partial charge < -0.3 is 4.65 Å². The normalized spacial score (nSPS) is 28.6. The summed E-state index contributed by atoms with van der Waals surface area (Å²) in [6, 6.07) is 0. The van der Waals surface area contributed by atoms with Crippen molar-refractivity contribution in [1.82, 2.24) is 0 Å². The standard InChI is InChI=1S/C8H13BIO/c10-9-11-8-6-4-2-1-3-5-7-8/h1-2,8H,3-7H2/b2-1+. The minimum atomic E-state index is 0.469. The summed E-state index contributed by atoms with van der Waals surface area (Å²) in [5.74, 6) is 0. The molecular weight excluding hydrogens is 250 g/mol. The molecule has 0 aromatic heterocycles. The molecule has 0 fully saturated rings. The topological polar surface area (TPSA) is 9.23 Å². The Balaban J connectivity index is 2.24. The Hall–Kier alpha value is 0.495. The SMILES string of the molecule is I[B]OC1CC/C=C/CCC1. The van der Waals surface area contributed by atoms with Gasteiger partial charge in [-0.05, 0) is 32.1 Å². The Morgan fingerprint density at radius 1 is 1.27 bits per heavy atom. The molecule has 0 heterocycles. The number of rotatable bonds is 2. The number of hydrogen-bond acceptors (Lipinski definition) is 1. The van der Waals surface area contributed by atoms with Gasteiger partial charge >= 0.3 is 5.34 Å². The quantitative estimate of drug-likeness (QED) is 0.423. The van der Waals surface area contributed by atoms with Crippen molar-refractivity contribution in [2.24, 2.45) is 0 Å². The van der Waals surface area contributed by atoms with E-state index in [0.717, 1.165) is 0 Å². The molecule has 1 nitrogen and oxygen atoms in total. The molecular formula is C8H13BIO. The molecule has 0 aromatic carbocycles. The van der Waals surface area contributed by atoms with Crippen LogP contribution in [0.1, 0.15) is 32.1 Å². The van der Waals surface area contributed by atoms with Crippen LogP contribution in [0.25, 0.3) is 0 Å². The van der Waals surface area contributed by atoms with E-state index in [2.05, 4.69) is 34.5 Å². The Morgan fingerprint density at radius 3 is 2.91 bits per heavy atom. The third-order valence-corrected chi connectivity index (χ3v) is 2.26. The van der Waals surface area contributed by atoms with Crippen LogP contribution in [0.3, 0.4) is 0 Å². The lowest BCUT2D eigenvalue weighted by atomic mass is 10.0. The Morgan fingerprint density at radius 2 is 2.09 bits per heavy atom. The summed E-state index contributed by atoms with van der Waals surface area (Å²) in [5, 5.41) is 1.79. The van der Waals surface area contributed by atoms with Gasteiger partial charge in [-0.3, -0.25) is 0 Å². The fourth-order valence-corrected chi connectivity index (χ4v) is 1.75. The molecule has 1 radical (unpaired) electrons. The molecule has 1 aliphatic rings. The molecule has 0 aliphatic heterocycles. The van der Waals surface area contributed by atoms with E-state index in [1.54, 1.807) is 5.34 Å². The predicted molar refractivity (Wildman–Crippen MR) is 56.9 cm³/mol. The van der Waals surface area contributed by atoms with E-state index >= 15 is 0 Å². The van der Waals surface area contributed by atoms with Crippen molar-refractivity contribution in [1.29, 1.82) is 0 Å². The Bertz CT molecular complexity index is 127. The van der Waals surface area contributed by atoms with Crippen LogP contribution >= 0.6 is 22.4 Å². The zero-order chi connectivity index (χ0) is 7.94. The van der Waals surface area contributed by atoms with Crippen LogP contribution in [0.5, 0.6) is 0 Å². The maximum Gasteiger partial charge on any atom is 0.375 e. The van der Waals surface area contributed by atoms with Gasteiger partial charge in [-0.1, -0.05) is 12.2 Å². The molecule has 3 heteroatoms. The van der Waals surface area contributed by atoms with E-state index in [1.165, 1.54) is 32.1 Å². The molecule has 61 valence electrons. The molecule has 0 spiro atoms. The fraction of sp³-hybridized carbons (Fsp3) is 0.750. The van der Waals surface area contributed by atoms with E-state index in [1.807, 2.05) is 0 Å². The van der Waals surface area contributed by atoms with Crippen LogP contribution in [0, 0.1) is 0 Å². The second-order valence-electron chi connectivity index (χ2n) is 2.83. The van der Waals surface area contributed by atoms with Crippen molar-refractivity contribution in [3.05, 3.63) is 12.2 Å². The maximum atomic E-state index is 5.45. The summed E-state index contributed by atoms with van der Waals surface area (Å²) in [6.07, 6.45) is 11.1. The Labute approximate surface area is 82.7 Å². The summed E-state index contributed by atoms with van der Waals surface area (Å²) < 4.78 is 5.45. The summed E-state index contributed by atoms with van der Waals surface area (Å²) in [5.41, 5.74) is 0. The zero-order valence-electron chi connectivity index (χ0n) is 6.63. The highest BCUT2D eigenvalue weighted by Crippen LogP contribution is 2.15. The first-order valence-corrected chi connectivity index (χ1v) is 5.40. The van der Waals surface area contributed by atoms with E-state index in [9.17, 15) is 0 Å². The van der Waals surface area contributed by atoms with Crippen LogP contribution in [-0.4, -0.2) is 11.4 Å². The highest BCUT2D eigenvalue weighted by Gasteiger charge is 2.08. The lowest BCUT2D eigenvalue weighted by Crippen LogP contribution is -2.13. The van der Waals surface area contributed by atoms with Gasteiger partial charge in [0.15, 0.2) is 0 Å². The van der Waals surface area contributed by atoms with Crippen molar-refractivity contribution >= 4 is 27.7 Å². The maximum absolute atomic E-state index is 5.45. The molecule has 0 saturated carbocycles. The minimum absolute atomic E-state index is 0.469. The van der Waals surface area contributed by atoms with Gasteiger partial charge in [-0.2, -0.15) is 0 Å². The van der Waals surface area contributed by atoms with Crippen molar-refractivity contribution in [3.8, 4) is 0 Å². The van der Waals surface area contributed by atoms with Gasteiger partial charge in [0.1, 0.15) is 0 Å². The number of allylic oxidation sites excluding steroid dienone is 2. The van der Waals surface area contributed by atoms with E-state index < -0.39 is 0 Å². The van der Waals surface area contributed by atoms with Gasteiger partial charge in [-0.25, -0.2) is 0 Å². The molecule has 0 bridgehead atoms. The van der Waals surface area contributed by atoms with E-state index in [0.29, 0.717) is 6.10 Å². The molecule has 11 heavy (non-hydrogen) atoms. The third-order valence-electron chi connectivity index (χ3n) is 1.96. The molecule has 1 unspecified atom stereocenters. The van der Waals surface area contributed by atoms with Crippen LogP contribution in [-0.2, 0) is 4.65 Å². The van der Waals surface area contributed by atoms with Crippen molar-refractivity contribution in [3.63, 3.8) is 0 Å². The first-order chi connectivity index (χ1) is 5.43. The second kappa shape index (κ2) is 6.06. The van der Waals surface area contributed by atoms with Gasteiger partial charge in [0.05, 0.1) is 0 Å². The van der Waals surface area contributed by atoms with Crippen molar-refractivity contribution < 1.29 is 4.65 Å².